The molecule has 0 aliphatic rings. The number of hydrogen-bond donors (Lipinski definition) is 0. The minimum absolute atomic E-state index is 0.0751. The third kappa shape index (κ3) is 3.00. The standard InChI is InChI=1S/C22H16N2O3/c1-14(25)24-13-15(17-6-3-5-9-21(17)24)10-11-16-12-19(22(26)27)18-7-2-4-8-20(18)23-16/h2-13H,1H3,(H,26,27)/p-1/b11-10+. The summed E-state index contributed by atoms with van der Waals surface area (Å²) in [5.41, 5.74) is 2.88. The van der Waals surface area contributed by atoms with Gasteiger partial charge in [-0.25, -0.2) is 4.98 Å². The van der Waals surface area contributed by atoms with E-state index < -0.39 is 5.97 Å². The van der Waals surface area contributed by atoms with Crippen molar-refractivity contribution in [3.05, 3.63) is 77.6 Å². The molecule has 27 heavy (non-hydrogen) atoms. The number of aromatic nitrogens is 2. The molecular formula is C22H15N2O3-. The zero-order valence-electron chi connectivity index (χ0n) is 14.5. The quantitative estimate of drug-likeness (QED) is 0.565. The topological polar surface area (TPSA) is 75.0 Å². The molecule has 0 bridgehead atoms. The van der Waals surface area contributed by atoms with E-state index in [2.05, 4.69) is 4.98 Å². The van der Waals surface area contributed by atoms with Gasteiger partial charge in [-0.15, -0.1) is 0 Å². The SMILES string of the molecule is CC(=O)n1cc(/C=C/c2cc(C(=O)[O-])c3ccccc3n2)c2ccccc21. The van der Waals surface area contributed by atoms with Crippen molar-refractivity contribution in [2.45, 2.75) is 6.92 Å². The van der Waals surface area contributed by atoms with Gasteiger partial charge in [0.05, 0.1) is 22.7 Å². The van der Waals surface area contributed by atoms with E-state index in [1.807, 2.05) is 36.4 Å². The van der Waals surface area contributed by atoms with Gasteiger partial charge in [-0.1, -0.05) is 42.5 Å². The molecule has 0 aliphatic carbocycles. The molecule has 2 heterocycles. The van der Waals surface area contributed by atoms with Crippen LogP contribution in [0.25, 0.3) is 34.0 Å². The maximum Gasteiger partial charge on any atom is 0.227 e. The van der Waals surface area contributed by atoms with Crippen LogP contribution in [0.1, 0.15) is 33.3 Å². The van der Waals surface area contributed by atoms with Gasteiger partial charge < -0.3 is 9.90 Å². The lowest BCUT2D eigenvalue weighted by molar-refractivity contribution is -0.254. The summed E-state index contributed by atoms with van der Waals surface area (Å²) in [6.07, 6.45) is 5.34. The highest BCUT2D eigenvalue weighted by Crippen LogP contribution is 2.24. The van der Waals surface area contributed by atoms with Gasteiger partial charge in [0, 0.05) is 35.0 Å². The van der Waals surface area contributed by atoms with Gasteiger partial charge in [0.15, 0.2) is 0 Å². The fourth-order valence-electron chi connectivity index (χ4n) is 3.22. The van der Waals surface area contributed by atoms with Crippen LogP contribution in [-0.2, 0) is 0 Å². The third-order valence-electron chi connectivity index (χ3n) is 4.47. The summed E-state index contributed by atoms with van der Waals surface area (Å²) in [6.45, 7) is 1.51. The molecule has 132 valence electrons. The van der Waals surface area contributed by atoms with E-state index in [4.69, 9.17) is 0 Å². The van der Waals surface area contributed by atoms with Crippen LogP contribution < -0.4 is 5.11 Å². The van der Waals surface area contributed by atoms with Crippen molar-refractivity contribution in [1.29, 1.82) is 0 Å². The van der Waals surface area contributed by atoms with E-state index in [-0.39, 0.29) is 11.5 Å². The van der Waals surface area contributed by atoms with Crippen molar-refractivity contribution in [2.24, 2.45) is 0 Å². The molecule has 0 spiro atoms. The van der Waals surface area contributed by atoms with Crippen molar-refractivity contribution in [2.75, 3.05) is 0 Å². The summed E-state index contributed by atoms with van der Waals surface area (Å²) in [6, 6.07) is 16.2. The normalized spacial score (nSPS) is 11.4. The van der Waals surface area contributed by atoms with Gasteiger partial charge in [0.2, 0.25) is 5.91 Å². The molecule has 5 nitrogen and oxygen atoms in total. The lowest BCUT2D eigenvalue weighted by Gasteiger charge is -2.08. The first-order valence-electron chi connectivity index (χ1n) is 8.45. The summed E-state index contributed by atoms with van der Waals surface area (Å²) in [4.78, 5) is 27.9. The van der Waals surface area contributed by atoms with Crippen LogP contribution in [0.15, 0.2) is 60.8 Å². The number of carboxylic acid groups (broad SMARTS) is 1. The summed E-state index contributed by atoms with van der Waals surface area (Å²) < 4.78 is 1.59. The number of para-hydroxylation sites is 2. The van der Waals surface area contributed by atoms with Crippen molar-refractivity contribution in [3.63, 3.8) is 0 Å². The second kappa shape index (κ2) is 6.53. The molecule has 0 unspecified atom stereocenters. The van der Waals surface area contributed by atoms with Crippen molar-refractivity contribution >= 4 is 45.8 Å². The zero-order chi connectivity index (χ0) is 19.0. The largest absolute Gasteiger partial charge is 0.545 e. The maximum absolute atomic E-state index is 11.9. The number of aromatic carboxylic acids is 1. The Hall–Kier alpha value is -3.73. The number of rotatable bonds is 3. The van der Waals surface area contributed by atoms with Crippen LogP contribution in [0.2, 0.25) is 0 Å². The molecule has 2 aromatic carbocycles. The van der Waals surface area contributed by atoms with E-state index in [0.29, 0.717) is 16.6 Å². The van der Waals surface area contributed by atoms with Gasteiger partial charge in [-0.3, -0.25) is 9.36 Å². The van der Waals surface area contributed by atoms with Crippen molar-refractivity contribution in [1.82, 2.24) is 9.55 Å². The molecule has 0 N–H and O–H groups in total. The van der Waals surface area contributed by atoms with Crippen LogP contribution in [0.4, 0.5) is 0 Å². The molecule has 0 amide bonds. The Bertz CT molecular complexity index is 1240. The van der Waals surface area contributed by atoms with Crippen molar-refractivity contribution in [3.8, 4) is 0 Å². The predicted molar refractivity (Wildman–Crippen MR) is 103 cm³/mol. The van der Waals surface area contributed by atoms with Gasteiger partial charge >= 0.3 is 0 Å². The molecule has 4 aromatic rings. The highest BCUT2D eigenvalue weighted by atomic mass is 16.4. The van der Waals surface area contributed by atoms with Gasteiger partial charge in [-0.05, 0) is 24.3 Å². The van der Waals surface area contributed by atoms with E-state index in [0.717, 1.165) is 16.5 Å². The molecule has 0 atom stereocenters. The molecular weight excluding hydrogens is 340 g/mol. The zero-order valence-corrected chi connectivity index (χ0v) is 14.5. The first kappa shape index (κ1) is 16.7. The Kier molecular flexibility index (Phi) is 4.05. The number of pyridine rings is 1. The predicted octanol–water partition coefficient (Wildman–Crippen LogP) is 3.38. The first-order valence-corrected chi connectivity index (χ1v) is 8.45. The van der Waals surface area contributed by atoms with Crippen LogP contribution in [0, 0.1) is 0 Å². The highest BCUT2D eigenvalue weighted by molar-refractivity contribution is 6.03. The fraction of sp³-hybridized carbons (Fsp3) is 0.0455. The first-order chi connectivity index (χ1) is 13.0. The molecule has 4 rings (SSSR count). The Morgan fingerprint density at radius 1 is 1.00 bits per heavy atom. The number of fused-ring (bicyclic) bond motifs is 2. The number of benzene rings is 2. The Morgan fingerprint density at radius 2 is 1.70 bits per heavy atom. The van der Waals surface area contributed by atoms with E-state index in [1.54, 1.807) is 35.0 Å². The maximum atomic E-state index is 11.9. The Morgan fingerprint density at radius 3 is 2.44 bits per heavy atom. The van der Waals surface area contributed by atoms with Crippen LogP contribution in [0.3, 0.4) is 0 Å². The van der Waals surface area contributed by atoms with Crippen LogP contribution >= 0.6 is 0 Å². The van der Waals surface area contributed by atoms with Crippen LogP contribution in [0.5, 0.6) is 0 Å². The average molecular weight is 355 g/mol. The minimum atomic E-state index is -1.24. The van der Waals surface area contributed by atoms with E-state index in [9.17, 15) is 14.7 Å². The summed E-state index contributed by atoms with van der Waals surface area (Å²) in [5, 5.41) is 13.0. The second-order valence-electron chi connectivity index (χ2n) is 6.22. The lowest BCUT2D eigenvalue weighted by Crippen LogP contribution is -2.22. The minimum Gasteiger partial charge on any atom is -0.545 e. The molecule has 0 saturated heterocycles. The number of carbonyl (C=O) groups excluding carboxylic acids is 2. The van der Waals surface area contributed by atoms with Crippen molar-refractivity contribution < 1.29 is 14.7 Å². The van der Waals surface area contributed by atoms with E-state index in [1.165, 1.54) is 13.0 Å². The molecule has 0 saturated carbocycles. The lowest BCUT2D eigenvalue weighted by atomic mass is 10.1. The second-order valence-corrected chi connectivity index (χ2v) is 6.22. The fourth-order valence-corrected chi connectivity index (χ4v) is 3.22. The van der Waals surface area contributed by atoms with Gasteiger partial charge in [0.1, 0.15) is 0 Å². The van der Waals surface area contributed by atoms with E-state index >= 15 is 0 Å². The highest BCUT2D eigenvalue weighted by Gasteiger charge is 2.09. The van der Waals surface area contributed by atoms with Gasteiger partial charge in [0.25, 0.3) is 0 Å². The summed E-state index contributed by atoms with van der Waals surface area (Å²) >= 11 is 0. The summed E-state index contributed by atoms with van der Waals surface area (Å²) in [7, 11) is 0. The smallest absolute Gasteiger partial charge is 0.227 e. The molecule has 0 aliphatic heterocycles. The number of carboxylic acids is 1. The third-order valence-corrected chi connectivity index (χ3v) is 4.47. The number of nitrogens with zero attached hydrogens (tertiary/aromatic N) is 2. The summed E-state index contributed by atoms with van der Waals surface area (Å²) in [5.74, 6) is -1.31. The average Bonchev–Trinajstić information content (AvgIpc) is 3.04. The van der Waals surface area contributed by atoms with Crippen LogP contribution in [-0.4, -0.2) is 21.4 Å². The number of carbonyl (C=O) groups is 2. The molecule has 0 fully saturated rings. The molecule has 0 radical (unpaired) electrons. The monoisotopic (exact) mass is 355 g/mol. The Balaban J connectivity index is 1.83. The van der Waals surface area contributed by atoms with Gasteiger partial charge in [-0.2, -0.15) is 0 Å². The number of hydrogen-bond acceptors (Lipinski definition) is 4. The molecule has 5 heteroatoms. The molecule has 2 aromatic heterocycles. The Labute approximate surface area is 155 Å².